The van der Waals surface area contributed by atoms with Crippen LogP contribution >= 0.6 is 0 Å². The van der Waals surface area contributed by atoms with Gasteiger partial charge >= 0.3 is 6.18 Å². The minimum Gasteiger partial charge on any atom is -0.352 e. The summed E-state index contributed by atoms with van der Waals surface area (Å²) in [6, 6.07) is 5.29. The number of fused-ring (bicyclic) bond motifs is 1. The smallest absolute Gasteiger partial charge is 0.352 e. The summed E-state index contributed by atoms with van der Waals surface area (Å²) in [5.41, 5.74) is 1.29. The summed E-state index contributed by atoms with van der Waals surface area (Å²) in [5.74, 6) is -0.184. The van der Waals surface area contributed by atoms with Gasteiger partial charge < -0.3 is 5.32 Å². The van der Waals surface area contributed by atoms with Crippen molar-refractivity contribution in [3.63, 3.8) is 0 Å². The molecule has 5 nitrogen and oxygen atoms in total. The lowest BCUT2D eigenvalue weighted by Gasteiger charge is -2.18. The molecule has 0 unspecified atom stereocenters. The molecule has 1 aromatic heterocycles. The molecule has 8 heteroatoms. The largest absolute Gasteiger partial charge is 0.401 e. The van der Waals surface area contributed by atoms with Gasteiger partial charge in [0, 0.05) is 18.5 Å². The van der Waals surface area contributed by atoms with Gasteiger partial charge in [-0.2, -0.15) is 18.3 Å². The van der Waals surface area contributed by atoms with Crippen molar-refractivity contribution in [2.24, 2.45) is 5.92 Å². The average Bonchev–Trinajstić information content (AvgIpc) is 3.11. The molecular weight excluding hydrogens is 309 g/mol. The van der Waals surface area contributed by atoms with Crippen LogP contribution in [0.3, 0.4) is 0 Å². The van der Waals surface area contributed by atoms with Gasteiger partial charge in [-0.1, -0.05) is 6.07 Å². The Labute approximate surface area is 130 Å². The molecule has 23 heavy (non-hydrogen) atoms. The van der Waals surface area contributed by atoms with Gasteiger partial charge in [0.25, 0.3) is 5.91 Å². The summed E-state index contributed by atoms with van der Waals surface area (Å²) < 4.78 is 37.1. The third-order valence-corrected chi connectivity index (χ3v) is 4.05. The molecule has 1 atom stereocenters. The van der Waals surface area contributed by atoms with E-state index in [0.29, 0.717) is 31.6 Å². The molecule has 3 rings (SSSR count). The number of amides is 1. The zero-order valence-corrected chi connectivity index (χ0v) is 12.4. The number of H-pyrrole nitrogens is 1. The van der Waals surface area contributed by atoms with E-state index in [1.54, 1.807) is 18.3 Å². The second kappa shape index (κ2) is 6.19. The molecule has 1 fully saturated rings. The molecule has 1 aliphatic rings. The lowest BCUT2D eigenvalue weighted by molar-refractivity contribution is -0.143. The van der Waals surface area contributed by atoms with Crippen molar-refractivity contribution in [3.8, 4) is 0 Å². The molecular formula is C15H17F3N4O. The number of nitrogens with zero attached hydrogens (tertiary/aromatic N) is 2. The zero-order chi connectivity index (χ0) is 16.4. The first kappa shape index (κ1) is 15.8. The molecule has 0 spiro atoms. The van der Waals surface area contributed by atoms with Crippen molar-refractivity contribution in [1.82, 2.24) is 20.4 Å². The number of hydrogen-bond acceptors (Lipinski definition) is 3. The number of hydrogen-bond donors (Lipinski definition) is 2. The number of carbonyl (C=O) groups is 1. The third-order valence-electron chi connectivity index (χ3n) is 4.05. The lowest BCUT2D eigenvalue weighted by Crippen LogP contribution is -2.34. The highest BCUT2D eigenvalue weighted by atomic mass is 19.4. The van der Waals surface area contributed by atoms with Gasteiger partial charge in [0.1, 0.15) is 0 Å². The first-order valence-corrected chi connectivity index (χ1v) is 7.42. The van der Waals surface area contributed by atoms with E-state index in [2.05, 4.69) is 15.5 Å². The number of aromatic nitrogens is 2. The van der Waals surface area contributed by atoms with Gasteiger partial charge in [-0.05, 0) is 31.0 Å². The van der Waals surface area contributed by atoms with Gasteiger partial charge in [0.05, 0.1) is 23.8 Å². The van der Waals surface area contributed by atoms with Gasteiger partial charge in [-0.3, -0.25) is 14.8 Å². The highest BCUT2D eigenvalue weighted by molar-refractivity contribution is 6.05. The van der Waals surface area contributed by atoms with Crippen LogP contribution in [0.2, 0.25) is 0 Å². The molecule has 0 saturated carbocycles. The lowest BCUT2D eigenvalue weighted by atomic mass is 10.1. The summed E-state index contributed by atoms with van der Waals surface area (Å²) in [4.78, 5) is 13.7. The van der Waals surface area contributed by atoms with Crippen molar-refractivity contribution >= 4 is 16.8 Å². The fourth-order valence-electron chi connectivity index (χ4n) is 2.98. The first-order valence-electron chi connectivity index (χ1n) is 7.42. The first-order chi connectivity index (χ1) is 10.9. The number of halogens is 3. The van der Waals surface area contributed by atoms with Crippen LogP contribution in [0.1, 0.15) is 16.8 Å². The monoisotopic (exact) mass is 326 g/mol. The second-order valence-corrected chi connectivity index (χ2v) is 5.85. The minimum absolute atomic E-state index is 0.0462. The van der Waals surface area contributed by atoms with Crippen LogP contribution in [0.5, 0.6) is 0 Å². The highest BCUT2D eigenvalue weighted by Crippen LogP contribution is 2.22. The quantitative estimate of drug-likeness (QED) is 0.905. The van der Waals surface area contributed by atoms with Crippen LogP contribution in [-0.2, 0) is 0 Å². The van der Waals surface area contributed by atoms with E-state index in [4.69, 9.17) is 0 Å². The molecule has 0 radical (unpaired) electrons. The summed E-state index contributed by atoms with van der Waals surface area (Å²) in [7, 11) is 0. The Bertz CT molecular complexity index is 697. The van der Waals surface area contributed by atoms with E-state index in [1.165, 1.54) is 4.90 Å². The Hall–Kier alpha value is -2.09. The highest BCUT2D eigenvalue weighted by Gasteiger charge is 2.34. The molecule has 1 aliphatic heterocycles. The number of nitrogens with one attached hydrogen (secondary N) is 2. The molecule has 0 bridgehead atoms. The van der Waals surface area contributed by atoms with Crippen molar-refractivity contribution < 1.29 is 18.0 Å². The van der Waals surface area contributed by atoms with E-state index < -0.39 is 12.7 Å². The van der Waals surface area contributed by atoms with Crippen molar-refractivity contribution in [2.45, 2.75) is 12.6 Å². The van der Waals surface area contributed by atoms with Crippen molar-refractivity contribution in [2.75, 3.05) is 26.2 Å². The molecule has 2 aromatic rings. The SMILES string of the molecule is O=C(NC[C@@H]1CCN(CC(F)(F)F)C1)c1cccc2[nH]ncc12. The van der Waals surface area contributed by atoms with Crippen LogP contribution in [0, 0.1) is 5.92 Å². The second-order valence-electron chi connectivity index (χ2n) is 5.85. The summed E-state index contributed by atoms with van der Waals surface area (Å²) >= 11 is 0. The zero-order valence-electron chi connectivity index (χ0n) is 12.4. The number of benzene rings is 1. The van der Waals surface area contributed by atoms with Crippen LogP contribution in [-0.4, -0.2) is 53.4 Å². The van der Waals surface area contributed by atoms with Crippen molar-refractivity contribution in [3.05, 3.63) is 30.0 Å². The predicted octanol–water partition coefficient (Wildman–Crippen LogP) is 2.18. The molecule has 1 saturated heterocycles. The maximum Gasteiger partial charge on any atom is 0.401 e. The van der Waals surface area contributed by atoms with Crippen LogP contribution in [0.4, 0.5) is 13.2 Å². The van der Waals surface area contributed by atoms with E-state index in [1.807, 2.05) is 6.07 Å². The Morgan fingerprint density at radius 2 is 2.26 bits per heavy atom. The number of aromatic amines is 1. The van der Waals surface area contributed by atoms with Gasteiger partial charge in [0.15, 0.2) is 0 Å². The van der Waals surface area contributed by atoms with Crippen LogP contribution < -0.4 is 5.32 Å². The average molecular weight is 326 g/mol. The predicted molar refractivity (Wildman–Crippen MR) is 79.0 cm³/mol. The number of alkyl halides is 3. The summed E-state index contributed by atoms with van der Waals surface area (Å²) in [6.07, 6.45) is -1.92. The molecule has 124 valence electrons. The Balaban J connectivity index is 1.55. The van der Waals surface area contributed by atoms with E-state index in [0.717, 1.165) is 10.9 Å². The molecule has 1 aromatic carbocycles. The van der Waals surface area contributed by atoms with Crippen LogP contribution in [0.15, 0.2) is 24.4 Å². The molecule has 1 amide bonds. The van der Waals surface area contributed by atoms with E-state index in [9.17, 15) is 18.0 Å². The Morgan fingerprint density at radius 3 is 3.04 bits per heavy atom. The minimum atomic E-state index is -4.17. The van der Waals surface area contributed by atoms with Crippen molar-refractivity contribution in [1.29, 1.82) is 0 Å². The van der Waals surface area contributed by atoms with Crippen LogP contribution in [0.25, 0.3) is 10.9 Å². The molecule has 2 heterocycles. The molecule has 0 aliphatic carbocycles. The Morgan fingerprint density at radius 1 is 1.43 bits per heavy atom. The maximum atomic E-state index is 12.4. The fourth-order valence-corrected chi connectivity index (χ4v) is 2.98. The third kappa shape index (κ3) is 3.82. The normalized spacial score (nSPS) is 19.3. The number of likely N-dealkylation sites (tertiary alicyclic amines) is 1. The standard InChI is InChI=1S/C15H17F3N4O/c16-15(17,18)9-22-5-4-10(8-22)6-19-14(23)11-2-1-3-13-12(11)7-20-21-13/h1-3,7,10H,4-6,8-9H2,(H,19,23)(H,20,21)/t10-/m0/s1. The fraction of sp³-hybridized carbons (Fsp3) is 0.467. The number of rotatable bonds is 4. The summed E-state index contributed by atoms with van der Waals surface area (Å²) in [6.45, 7) is 0.264. The Kier molecular flexibility index (Phi) is 4.25. The maximum absolute atomic E-state index is 12.4. The van der Waals surface area contributed by atoms with Gasteiger partial charge in [0.2, 0.25) is 0 Å². The summed E-state index contributed by atoms with van der Waals surface area (Å²) in [5, 5.41) is 10.3. The topological polar surface area (TPSA) is 61.0 Å². The van der Waals surface area contributed by atoms with E-state index >= 15 is 0 Å². The number of carbonyl (C=O) groups excluding carboxylic acids is 1. The van der Waals surface area contributed by atoms with E-state index in [-0.39, 0.29) is 11.8 Å². The molecule has 2 N–H and O–H groups in total. The van der Waals surface area contributed by atoms with Gasteiger partial charge in [-0.25, -0.2) is 0 Å². The van der Waals surface area contributed by atoms with Gasteiger partial charge in [-0.15, -0.1) is 0 Å².